The van der Waals surface area contributed by atoms with E-state index in [0.717, 1.165) is 0 Å². The fourth-order valence-corrected chi connectivity index (χ4v) is 2.10. The van der Waals surface area contributed by atoms with Gasteiger partial charge in [-0.05, 0) is 30.7 Å². The first-order valence-electron chi connectivity index (χ1n) is 5.79. The zero-order chi connectivity index (χ0) is 15.2. The molecule has 0 spiro atoms. The summed E-state index contributed by atoms with van der Waals surface area (Å²) in [7, 11) is 0. The summed E-state index contributed by atoms with van der Waals surface area (Å²) >= 11 is 11.8. The molecule has 0 amide bonds. The molecule has 0 bridgehead atoms. The summed E-state index contributed by atoms with van der Waals surface area (Å²) in [6, 6.07) is 3.15. The summed E-state index contributed by atoms with van der Waals surface area (Å²) in [5, 5.41) is 0.732. The Balaban J connectivity index is 2.54. The van der Waals surface area contributed by atoms with Gasteiger partial charge < -0.3 is 15.2 Å². The lowest BCUT2D eigenvalue weighted by molar-refractivity contribution is -0.175. The molecule has 0 aliphatic carbocycles. The van der Waals surface area contributed by atoms with E-state index in [9.17, 15) is 13.2 Å². The van der Waals surface area contributed by atoms with Crippen molar-refractivity contribution in [2.75, 3.05) is 26.4 Å². The van der Waals surface area contributed by atoms with Crippen molar-refractivity contribution >= 4 is 23.2 Å². The van der Waals surface area contributed by atoms with Crippen LogP contribution in [0.25, 0.3) is 0 Å². The summed E-state index contributed by atoms with van der Waals surface area (Å²) in [4.78, 5) is 0. The van der Waals surface area contributed by atoms with Crippen molar-refractivity contribution < 1.29 is 22.6 Å². The van der Waals surface area contributed by atoms with E-state index in [0.29, 0.717) is 29.3 Å². The predicted octanol–water partition coefficient (Wildman–Crippen LogP) is 3.45. The van der Waals surface area contributed by atoms with Crippen LogP contribution < -0.4 is 10.5 Å². The number of halogens is 5. The highest BCUT2D eigenvalue weighted by atomic mass is 35.5. The van der Waals surface area contributed by atoms with E-state index in [-0.39, 0.29) is 18.2 Å². The second kappa shape index (κ2) is 7.93. The van der Waals surface area contributed by atoms with Crippen molar-refractivity contribution in [2.24, 2.45) is 5.73 Å². The van der Waals surface area contributed by atoms with Crippen LogP contribution in [0.4, 0.5) is 13.2 Å². The van der Waals surface area contributed by atoms with Gasteiger partial charge in [0.25, 0.3) is 0 Å². The van der Waals surface area contributed by atoms with E-state index < -0.39 is 12.8 Å². The molecule has 2 N–H and O–H groups in total. The fourth-order valence-electron chi connectivity index (χ4n) is 1.51. The Labute approximate surface area is 124 Å². The molecule has 1 aromatic carbocycles. The first-order valence-corrected chi connectivity index (χ1v) is 6.54. The highest BCUT2D eigenvalue weighted by Gasteiger charge is 2.27. The van der Waals surface area contributed by atoms with Gasteiger partial charge in [0.1, 0.15) is 19.0 Å². The average Bonchev–Trinajstić information content (AvgIpc) is 2.30. The third-order valence-electron chi connectivity index (χ3n) is 2.24. The summed E-state index contributed by atoms with van der Waals surface area (Å²) in [6.45, 7) is -1.17. The Morgan fingerprint density at radius 1 is 1.15 bits per heavy atom. The van der Waals surface area contributed by atoms with Gasteiger partial charge in [0, 0.05) is 5.02 Å². The average molecular weight is 332 g/mol. The zero-order valence-corrected chi connectivity index (χ0v) is 12.0. The van der Waals surface area contributed by atoms with E-state index in [4.69, 9.17) is 33.7 Å². The quantitative estimate of drug-likeness (QED) is 0.778. The summed E-state index contributed by atoms with van der Waals surface area (Å²) in [5.41, 5.74) is 6.17. The lowest BCUT2D eigenvalue weighted by Gasteiger charge is -2.14. The smallest absolute Gasteiger partial charge is 0.411 e. The molecule has 0 atom stereocenters. The lowest BCUT2D eigenvalue weighted by Crippen LogP contribution is -2.19. The van der Waals surface area contributed by atoms with E-state index >= 15 is 0 Å². The van der Waals surface area contributed by atoms with Crippen LogP contribution in [-0.4, -0.2) is 32.5 Å². The number of ether oxygens (including phenoxy) is 2. The van der Waals surface area contributed by atoms with Gasteiger partial charge in [0.05, 0.1) is 11.6 Å². The number of benzene rings is 1. The van der Waals surface area contributed by atoms with Crippen LogP contribution in [0, 0.1) is 0 Å². The number of hydrogen-bond donors (Lipinski definition) is 1. The molecule has 1 rings (SSSR count). The summed E-state index contributed by atoms with van der Waals surface area (Å²) in [6.07, 6.45) is -3.85. The van der Waals surface area contributed by atoms with Gasteiger partial charge in [0.15, 0.2) is 0 Å². The standard InChI is InChI=1S/C12H14Cl2F3NO2/c13-9-5-8(1-2-18)11(10(14)6-9)20-4-3-19-7-12(15,16)17/h5-6H,1-4,7,18H2. The minimum absolute atomic E-state index is 0.0466. The van der Waals surface area contributed by atoms with E-state index in [1.807, 2.05) is 0 Å². The molecule has 0 saturated carbocycles. The molecule has 114 valence electrons. The largest absolute Gasteiger partial charge is 0.489 e. The molecule has 0 radical (unpaired) electrons. The first-order chi connectivity index (χ1) is 9.33. The number of alkyl halides is 3. The normalized spacial score (nSPS) is 11.7. The second-order valence-electron chi connectivity index (χ2n) is 3.93. The maximum absolute atomic E-state index is 11.9. The Morgan fingerprint density at radius 2 is 1.85 bits per heavy atom. The molecule has 20 heavy (non-hydrogen) atoms. The van der Waals surface area contributed by atoms with E-state index in [1.165, 1.54) is 6.07 Å². The Morgan fingerprint density at radius 3 is 2.45 bits per heavy atom. The molecule has 0 heterocycles. The van der Waals surface area contributed by atoms with Crippen LogP contribution in [0.2, 0.25) is 10.0 Å². The van der Waals surface area contributed by atoms with Crippen LogP contribution in [-0.2, 0) is 11.2 Å². The fraction of sp³-hybridized carbons (Fsp3) is 0.500. The van der Waals surface area contributed by atoms with Crippen molar-refractivity contribution in [1.29, 1.82) is 0 Å². The van der Waals surface area contributed by atoms with Crippen molar-refractivity contribution in [3.63, 3.8) is 0 Å². The first kappa shape index (κ1) is 17.4. The van der Waals surface area contributed by atoms with Crippen LogP contribution in [0.5, 0.6) is 5.75 Å². The van der Waals surface area contributed by atoms with Gasteiger partial charge >= 0.3 is 6.18 Å². The molecule has 1 aromatic rings. The molecule has 0 aliphatic heterocycles. The number of rotatable bonds is 7. The minimum atomic E-state index is -4.34. The van der Waals surface area contributed by atoms with Gasteiger partial charge in [-0.15, -0.1) is 0 Å². The highest BCUT2D eigenvalue weighted by Crippen LogP contribution is 2.32. The molecule has 8 heteroatoms. The maximum Gasteiger partial charge on any atom is 0.411 e. The van der Waals surface area contributed by atoms with Gasteiger partial charge in [-0.2, -0.15) is 13.2 Å². The number of nitrogens with two attached hydrogens (primary N) is 1. The maximum atomic E-state index is 11.9. The lowest BCUT2D eigenvalue weighted by atomic mass is 10.1. The molecule has 0 aliphatic rings. The molecule has 0 aromatic heterocycles. The SMILES string of the molecule is NCCc1cc(Cl)cc(Cl)c1OCCOCC(F)(F)F. The number of hydrogen-bond acceptors (Lipinski definition) is 3. The summed E-state index contributed by atoms with van der Waals surface area (Å²) in [5.74, 6) is 0.372. The second-order valence-corrected chi connectivity index (χ2v) is 4.77. The Hall–Kier alpha value is -0.690. The highest BCUT2D eigenvalue weighted by molar-refractivity contribution is 6.35. The van der Waals surface area contributed by atoms with Crippen LogP contribution in [0.15, 0.2) is 12.1 Å². The molecular weight excluding hydrogens is 318 g/mol. The monoisotopic (exact) mass is 331 g/mol. The molecule has 0 saturated heterocycles. The van der Waals surface area contributed by atoms with Gasteiger partial charge in [-0.25, -0.2) is 0 Å². The van der Waals surface area contributed by atoms with Gasteiger partial charge in [-0.1, -0.05) is 23.2 Å². The third kappa shape index (κ3) is 6.17. The van der Waals surface area contributed by atoms with Gasteiger partial charge in [0.2, 0.25) is 0 Å². The van der Waals surface area contributed by atoms with Crippen LogP contribution >= 0.6 is 23.2 Å². The Bertz CT molecular complexity index is 441. The van der Waals surface area contributed by atoms with E-state index in [1.54, 1.807) is 6.07 Å². The molecular formula is C12H14Cl2F3NO2. The minimum Gasteiger partial charge on any atom is -0.489 e. The van der Waals surface area contributed by atoms with Gasteiger partial charge in [-0.3, -0.25) is 0 Å². The van der Waals surface area contributed by atoms with Crippen LogP contribution in [0.3, 0.4) is 0 Å². The van der Waals surface area contributed by atoms with Crippen LogP contribution in [0.1, 0.15) is 5.56 Å². The van der Waals surface area contributed by atoms with Crippen molar-refractivity contribution in [2.45, 2.75) is 12.6 Å². The topological polar surface area (TPSA) is 44.5 Å². The van der Waals surface area contributed by atoms with Crippen molar-refractivity contribution in [1.82, 2.24) is 0 Å². The van der Waals surface area contributed by atoms with E-state index in [2.05, 4.69) is 4.74 Å². The van der Waals surface area contributed by atoms with Crippen molar-refractivity contribution in [3.05, 3.63) is 27.7 Å². The Kier molecular flexibility index (Phi) is 6.88. The zero-order valence-electron chi connectivity index (χ0n) is 10.5. The third-order valence-corrected chi connectivity index (χ3v) is 2.74. The predicted molar refractivity (Wildman–Crippen MR) is 71.6 cm³/mol. The molecule has 0 unspecified atom stereocenters. The summed E-state index contributed by atoms with van der Waals surface area (Å²) < 4.78 is 45.4. The molecule has 0 fully saturated rings. The molecule has 3 nitrogen and oxygen atoms in total. The van der Waals surface area contributed by atoms with Crippen molar-refractivity contribution in [3.8, 4) is 5.75 Å².